The predicted molar refractivity (Wildman–Crippen MR) is 81.3 cm³/mol. The minimum absolute atomic E-state index is 0.157. The van der Waals surface area contributed by atoms with Gasteiger partial charge in [-0.05, 0) is 45.4 Å². The second kappa shape index (κ2) is 12.9. The number of hydrogen-bond acceptors (Lipinski definition) is 5. The molecule has 22 heavy (non-hydrogen) atoms. The lowest BCUT2D eigenvalue weighted by molar-refractivity contribution is -0.144. The van der Waals surface area contributed by atoms with Crippen molar-refractivity contribution < 1.29 is 29.0 Å². The molecular formula is C16H26O6. The maximum absolute atomic E-state index is 11.4. The number of esters is 2. The van der Waals surface area contributed by atoms with E-state index in [0.717, 1.165) is 12.8 Å². The van der Waals surface area contributed by atoms with Crippen molar-refractivity contribution in [2.24, 2.45) is 0 Å². The molecule has 0 amide bonds. The van der Waals surface area contributed by atoms with Gasteiger partial charge in [-0.2, -0.15) is 0 Å². The third-order valence-corrected chi connectivity index (χ3v) is 2.90. The summed E-state index contributed by atoms with van der Waals surface area (Å²) in [6.45, 7) is 5.76. The average molecular weight is 314 g/mol. The van der Waals surface area contributed by atoms with Crippen LogP contribution in [0.25, 0.3) is 0 Å². The van der Waals surface area contributed by atoms with Gasteiger partial charge in [0.15, 0.2) is 0 Å². The van der Waals surface area contributed by atoms with Crippen molar-refractivity contribution in [3.05, 3.63) is 12.2 Å². The van der Waals surface area contributed by atoms with Gasteiger partial charge in [-0.3, -0.25) is 9.59 Å². The lowest BCUT2D eigenvalue weighted by atomic mass is 10.2. The van der Waals surface area contributed by atoms with E-state index in [2.05, 4.69) is 6.58 Å². The van der Waals surface area contributed by atoms with Gasteiger partial charge >= 0.3 is 17.9 Å². The van der Waals surface area contributed by atoms with Gasteiger partial charge in [0.25, 0.3) is 0 Å². The van der Waals surface area contributed by atoms with Crippen molar-refractivity contribution in [1.82, 2.24) is 0 Å². The second-order valence-electron chi connectivity index (χ2n) is 5.15. The summed E-state index contributed by atoms with van der Waals surface area (Å²) in [6, 6.07) is 0. The maximum Gasteiger partial charge on any atom is 0.333 e. The molecule has 0 heterocycles. The van der Waals surface area contributed by atoms with Crippen LogP contribution >= 0.6 is 0 Å². The molecule has 0 aliphatic heterocycles. The van der Waals surface area contributed by atoms with Gasteiger partial charge in [0, 0.05) is 18.4 Å². The van der Waals surface area contributed by atoms with Crippen LogP contribution in [-0.2, 0) is 23.9 Å². The SMILES string of the molecule is C=C(C)C(=O)OCCCCCC(=O)OCCCCCC(=O)O. The average Bonchev–Trinajstić information content (AvgIpc) is 2.45. The van der Waals surface area contributed by atoms with E-state index in [4.69, 9.17) is 14.6 Å². The lowest BCUT2D eigenvalue weighted by Crippen LogP contribution is -2.07. The summed E-state index contributed by atoms with van der Waals surface area (Å²) in [5, 5.41) is 8.46. The van der Waals surface area contributed by atoms with Gasteiger partial charge in [0.05, 0.1) is 13.2 Å². The number of carbonyl (C=O) groups is 3. The Morgan fingerprint density at radius 3 is 1.95 bits per heavy atom. The van der Waals surface area contributed by atoms with Crippen LogP contribution in [0, 0.1) is 0 Å². The van der Waals surface area contributed by atoms with Gasteiger partial charge in [-0.1, -0.05) is 6.58 Å². The molecule has 6 nitrogen and oxygen atoms in total. The topological polar surface area (TPSA) is 89.9 Å². The summed E-state index contributed by atoms with van der Waals surface area (Å²) >= 11 is 0. The molecule has 0 fully saturated rings. The molecule has 0 bridgehead atoms. The van der Waals surface area contributed by atoms with Gasteiger partial charge in [-0.25, -0.2) is 4.79 Å². The number of carboxylic acids is 1. The van der Waals surface area contributed by atoms with Crippen LogP contribution < -0.4 is 0 Å². The normalized spacial score (nSPS) is 10.0. The van der Waals surface area contributed by atoms with Gasteiger partial charge in [0.2, 0.25) is 0 Å². The third kappa shape index (κ3) is 13.1. The molecule has 0 radical (unpaired) electrons. The molecule has 0 aliphatic carbocycles. The van der Waals surface area contributed by atoms with Crippen LogP contribution in [0.1, 0.15) is 58.3 Å². The maximum atomic E-state index is 11.4. The first-order chi connectivity index (χ1) is 10.4. The van der Waals surface area contributed by atoms with Crippen molar-refractivity contribution in [2.45, 2.75) is 58.3 Å². The van der Waals surface area contributed by atoms with E-state index >= 15 is 0 Å². The van der Waals surface area contributed by atoms with E-state index in [1.54, 1.807) is 6.92 Å². The van der Waals surface area contributed by atoms with Crippen LogP contribution in [0.2, 0.25) is 0 Å². The molecule has 0 aromatic heterocycles. The van der Waals surface area contributed by atoms with Crippen LogP contribution in [-0.4, -0.2) is 36.2 Å². The Bertz CT molecular complexity index is 375. The van der Waals surface area contributed by atoms with Gasteiger partial charge in [0.1, 0.15) is 0 Å². The molecule has 0 unspecified atom stereocenters. The fourth-order valence-corrected chi connectivity index (χ4v) is 1.65. The second-order valence-corrected chi connectivity index (χ2v) is 5.15. The third-order valence-electron chi connectivity index (χ3n) is 2.90. The summed E-state index contributed by atoms with van der Waals surface area (Å²) < 4.78 is 9.98. The number of ether oxygens (including phenoxy) is 2. The summed E-state index contributed by atoms with van der Waals surface area (Å²) in [5.41, 5.74) is 0.381. The van der Waals surface area contributed by atoms with Crippen molar-refractivity contribution >= 4 is 17.9 Å². The molecule has 0 aromatic rings. The largest absolute Gasteiger partial charge is 0.481 e. The van der Waals surface area contributed by atoms with Crippen LogP contribution in [0.5, 0.6) is 0 Å². The molecule has 0 aromatic carbocycles. The zero-order chi connectivity index (χ0) is 16.8. The summed E-state index contributed by atoms with van der Waals surface area (Å²) in [4.78, 5) is 32.8. The van der Waals surface area contributed by atoms with Crippen LogP contribution in [0.4, 0.5) is 0 Å². The number of carbonyl (C=O) groups excluding carboxylic acids is 2. The molecule has 0 saturated carbocycles. The quantitative estimate of drug-likeness (QED) is 0.319. The molecule has 0 atom stereocenters. The first-order valence-corrected chi connectivity index (χ1v) is 7.63. The summed E-state index contributed by atoms with van der Waals surface area (Å²) in [6.07, 6.45) is 4.74. The first kappa shape index (κ1) is 20.1. The van der Waals surface area contributed by atoms with Crippen LogP contribution in [0.3, 0.4) is 0 Å². The van der Waals surface area contributed by atoms with Crippen LogP contribution in [0.15, 0.2) is 12.2 Å². The van der Waals surface area contributed by atoms with Crippen molar-refractivity contribution in [2.75, 3.05) is 13.2 Å². The van der Waals surface area contributed by atoms with E-state index in [-0.39, 0.29) is 18.4 Å². The van der Waals surface area contributed by atoms with E-state index in [1.807, 2.05) is 0 Å². The van der Waals surface area contributed by atoms with E-state index in [1.165, 1.54) is 0 Å². The predicted octanol–water partition coefficient (Wildman–Crippen LogP) is 2.85. The Kier molecular flexibility index (Phi) is 11.8. The fraction of sp³-hybridized carbons (Fsp3) is 0.688. The molecule has 0 spiro atoms. The zero-order valence-electron chi connectivity index (χ0n) is 13.3. The lowest BCUT2D eigenvalue weighted by Gasteiger charge is -2.05. The molecular weight excluding hydrogens is 288 g/mol. The Labute approximate surface area is 131 Å². The highest BCUT2D eigenvalue weighted by molar-refractivity contribution is 5.86. The van der Waals surface area contributed by atoms with Crippen molar-refractivity contribution in [3.63, 3.8) is 0 Å². The fourth-order valence-electron chi connectivity index (χ4n) is 1.65. The van der Waals surface area contributed by atoms with E-state index in [0.29, 0.717) is 50.9 Å². The first-order valence-electron chi connectivity index (χ1n) is 7.63. The minimum atomic E-state index is -0.800. The highest BCUT2D eigenvalue weighted by Gasteiger charge is 2.04. The molecule has 0 rings (SSSR count). The van der Waals surface area contributed by atoms with Gasteiger partial charge in [-0.15, -0.1) is 0 Å². The minimum Gasteiger partial charge on any atom is -0.481 e. The highest BCUT2D eigenvalue weighted by atomic mass is 16.5. The van der Waals surface area contributed by atoms with E-state index in [9.17, 15) is 14.4 Å². The smallest absolute Gasteiger partial charge is 0.333 e. The number of unbranched alkanes of at least 4 members (excludes halogenated alkanes) is 4. The number of carboxylic acid groups (broad SMARTS) is 1. The van der Waals surface area contributed by atoms with E-state index < -0.39 is 5.97 Å². The molecule has 1 N–H and O–H groups in total. The van der Waals surface area contributed by atoms with Crippen molar-refractivity contribution in [3.8, 4) is 0 Å². The van der Waals surface area contributed by atoms with Gasteiger partial charge < -0.3 is 14.6 Å². The Morgan fingerprint density at radius 1 is 0.864 bits per heavy atom. The zero-order valence-corrected chi connectivity index (χ0v) is 13.3. The number of rotatable bonds is 13. The molecule has 0 aliphatic rings. The summed E-state index contributed by atoms with van der Waals surface area (Å²) in [7, 11) is 0. The Hall–Kier alpha value is -1.85. The Morgan fingerprint density at radius 2 is 1.41 bits per heavy atom. The molecule has 6 heteroatoms. The summed E-state index contributed by atoms with van der Waals surface area (Å²) in [5.74, 6) is -1.43. The Balaban J connectivity index is 3.34. The van der Waals surface area contributed by atoms with Crippen molar-refractivity contribution in [1.29, 1.82) is 0 Å². The highest BCUT2D eigenvalue weighted by Crippen LogP contribution is 2.05. The standard InChI is InChI=1S/C16H26O6/c1-13(2)16(20)22-12-8-4-6-10-15(19)21-11-7-3-5-9-14(17)18/h1,3-12H2,2H3,(H,17,18). The monoisotopic (exact) mass is 314 g/mol. The number of aliphatic carboxylic acids is 1. The molecule has 0 saturated heterocycles. The number of hydrogen-bond donors (Lipinski definition) is 1. The molecule has 126 valence electrons.